The molecule has 0 saturated heterocycles. The highest BCUT2D eigenvalue weighted by Crippen LogP contribution is 2.35. The van der Waals surface area contributed by atoms with Crippen LogP contribution in [0.1, 0.15) is 107 Å². The van der Waals surface area contributed by atoms with Gasteiger partial charge in [0, 0.05) is 11.1 Å². The molecule has 0 radical (unpaired) electrons. The molecule has 0 aliphatic heterocycles. The van der Waals surface area contributed by atoms with Crippen molar-refractivity contribution in [2.45, 2.75) is 102 Å². The first-order valence-electron chi connectivity index (χ1n) is 13.0. The molecule has 1 saturated carbocycles. The van der Waals surface area contributed by atoms with Crippen molar-refractivity contribution >= 4 is 6.08 Å². The maximum Gasteiger partial charge on any atom is 0.167 e. The molecule has 0 nitrogen and oxygen atoms in total. The lowest BCUT2D eigenvalue weighted by molar-refractivity contribution is 0.235. The van der Waals surface area contributed by atoms with Gasteiger partial charge in [0.15, 0.2) is 11.6 Å². The minimum atomic E-state index is -0.796. The summed E-state index contributed by atoms with van der Waals surface area (Å²) in [7, 11) is 0. The second kappa shape index (κ2) is 13.6. The molecular formula is C30H39F3. The molecule has 0 spiro atoms. The fourth-order valence-electron chi connectivity index (χ4n) is 4.84. The van der Waals surface area contributed by atoms with Crippen molar-refractivity contribution in [3.63, 3.8) is 0 Å². The molecule has 0 bridgehead atoms. The standard InChI is InChI=1S/C30H39F3/c1-2-3-4-5-6-7-8-9-10-11-12-26-19-22-28(30(33)29(26)32)25-15-13-23(14-16-25)24-17-20-27(31)21-18-24/h11-16,19,22,24,27H,2-10,17-18,20-21H2,1H3/b12-11+. The van der Waals surface area contributed by atoms with Gasteiger partial charge in [-0.15, -0.1) is 0 Å². The number of hydrogen-bond donors (Lipinski definition) is 0. The van der Waals surface area contributed by atoms with E-state index in [1.54, 1.807) is 18.2 Å². The highest BCUT2D eigenvalue weighted by Gasteiger charge is 2.22. The van der Waals surface area contributed by atoms with E-state index in [-0.39, 0.29) is 5.56 Å². The maximum atomic E-state index is 14.8. The summed E-state index contributed by atoms with van der Waals surface area (Å²) in [6.07, 6.45) is 16.9. The van der Waals surface area contributed by atoms with Crippen LogP contribution in [0.4, 0.5) is 13.2 Å². The number of alkyl halides is 1. The highest BCUT2D eigenvalue weighted by atomic mass is 19.2. The van der Waals surface area contributed by atoms with Crippen LogP contribution in [0.2, 0.25) is 0 Å². The molecule has 0 unspecified atom stereocenters. The van der Waals surface area contributed by atoms with Gasteiger partial charge in [-0.25, -0.2) is 13.2 Å². The molecule has 2 aromatic rings. The lowest BCUT2D eigenvalue weighted by Crippen LogP contribution is -2.13. The minimum Gasteiger partial charge on any atom is -0.247 e. The summed E-state index contributed by atoms with van der Waals surface area (Å²) in [6.45, 7) is 2.23. The molecule has 0 atom stereocenters. The first-order chi connectivity index (χ1) is 16.1. The van der Waals surface area contributed by atoms with Crippen LogP contribution in [0.15, 0.2) is 42.5 Å². The minimum absolute atomic E-state index is 0.284. The Bertz CT molecular complexity index is 861. The summed E-state index contributed by atoms with van der Waals surface area (Å²) in [5.74, 6) is -1.22. The third-order valence-corrected chi connectivity index (χ3v) is 6.98. The van der Waals surface area contributed by atoms with E-state index in [2.05, 4.69) is 6.92 Å². The number of hydrogen-bond acceptors (Lipinski definition) is 0. The smallest absolute Gasteiger partial charge is 0.167 e. The fraction of sp³-hybridized carbons (Fsp3) is 0.533. The van der Waals surface area contributed by atoms with Gasteiger partial charge >= 0.3 is 0 Å². The van der Waals surface area contributed by atoms with Gasteiger partial charge in [-0.05, 0) is 55.6 Å². The zero-order valence-electron chi connectivity index (χ0n) is 20.1. The normalized spacial score (nSPS) is 18.8. The van der Waals surface area contributed by atoms with Gasteiger partial charge < -0.3 is 0 Å². The van der Waals surface area contributed by atoms with Crippen molar-refractivity contribution in [2.75, 3.05) is 0 Å². The molecule has 3 heteroatoms. The molecular weight excluding hydrogens is 417 g/mol. The van der Waals surface area contributed by atoms with E-state index < -0.39 is 17.8 Å². The van der Waals surface area contributed by atoms with E-state index in [1.165, 1.54) is 44.9 Å². The first-order valence-corrected chi connectivity index (χ1v) is 13.0. The summed E-state index contributed by atoms with van der Waals surface area (Å²) in [4.78, 5) is 0. The SMILES string of the molecule is CCCCCCCCCC/C=C/c1ccc(-c2ccc(C3CCC(F)CC3)cc2)c(F)c1F. The van der Waals surface area contributed by atoms with E-state index in [0.29, 0.717) is 29.9 Å². The summed E-state index contributed by atoms with van der Waals surface area (Å²) in [5, 5.41) is 0. The van der Waals surface area contributed by atoms with Crippen molar-refractivity contribution in [3.05, 3.63) is 65.2 Å². The van der Waals surface area contributed by atoms with Gasteiger partial charge in [0.05, 0.1) is 0 Å². The van der Waals surface area contributed by atoms with E-state index in [0.717, 1.165) is 31.2 Å². The zero-order valence-corrected chi connectivity index (χ0v) is 20.1. The molecule has 3 rings (SSSR count). The topological polar surface area (TPSA) is 0 Å². The largest absolute Gasteiger partial charge is 0.247 e. The number of halogens is 3. The van der Waals surface area contributed by atoms with Gasteiger partial charge in [0.1, 0.15) is 6.17 Å². The van der Waals surface area contributed by atoms with Gasteiger partial charge in [0.2, 0.25) is 0 Å². The summed E-state index contributed by atoms with van der Waals surface area (Å²) in [5.41, 5.74) is 2.41. The van der Waals surface area contributed by atoms with Crippen LogP contribution >= 0.6 is 0 Å². The molecule has 0 N–H and O–H groups in total. The molecule has 0 amide bonds. The predicted molar refractivity (Wildman–Crippen MR) is 134 cm³/mol. The third-order valence-electron chi connectivity index (χ3n) is 6.98. The number of rotatable bonds is 12. The Labute approximate surface area is 198 Å². The molecule has 2 aromatic carbocycles. The van der Waals surface area contributed by atoms with E-state index in [9.17, 15) is 13.2 Å². The molecule has 33 heavy (non-hydrogen) atoms. The first kappa shape index (κ1) is 25.6. The van der Waals surface area contributed by atoms with Crippen LogP contribution in [-0.4, -0.2) is 6.17 Å². The number of benzene rings is 2. The number of allylic oxidation sites excluding steroid dienone is 1. The Morgan fingerprint density at radius 2 is 1.39 bits per heavy atom. The van der Waals surface area contributed by atoms with Crippen molar-refractivity contribution in [3.8, 4) is 11.1 Å². The monoisotopic (exact) mass is 456 g/mol. The zero-order chi connectivity index (χ0) is 23.5. The molecule has 1 fully saturated rings. The Kier molecular flexibility index (Phi) is 10.6. The highest BCUT2D eigenvalue weighted by molar-refractivity contribution is 5.67. The van der Waals surface area contributed by atoms with Gasteiger partial charge in [-0.3, -0.25) is 0 Å². The van der Waals surface area contributed by atoms with Crippen molar-refractivity contribution in [2.24, 2.45) is 0 Å². The Balaban J connectivity index is 1.51. The molecule has 180 valence electrons. The Morgan fingerprint density at radius 3 is 2.06 bits per heavy atom. The maximum absolute atomic E-state index is 14.8. The lowest BCUT2D eigenvalue weighted by Gasteiger charge is -2.24. The van der Waals surface area contributed by atoms with Crippen LogP contribution in [0.3, 0.4) is 0 Å². The molecule has 1 aliphatic carbocycles. The summed E-state index contributed by atoms with van der Waals surface area (Å²) in [6, 6.07) is 11.0. The molecule has 1 aliphatic rings. The van der Waals surface area contributed by atoms with E-state index in [4.69, 9.17) is 0 Å². The van der Waals surface area contributed by atoms with Crippen molar-refractivity contribution in [1.82, 2.24) is 0 Å². The summed E-state index contributed by atoms with van der Waals surface area (Å²) < 4.78 is 42.9. The fourth-order valence-corrected chi connectivity index (χ4v) is 4.84. The van der Waals surface area contributed by atoms with Crippen LogP contribution in [0, 0.1) is 11.6 Å². The molecule has 0 aromatic heterocycles. The van der Waals surface area contributed by atoms with Crippen molar-refractivity contribution in [1.29, 1.82) is 0 Å². The second-order valence-corrected chi connectivity index (χ2v) is 9.57. The Morgan fingerprint density at radius 1 is 0.758 bits per heavy atom. The van der Waals surface area contributed by atoms with E-state index >= 15 is 0 Å². The second-order valence-electron chi connectivity index (χ2n) is 9.57. The molecule has 0 heterocycles. The van der Waals surface area contributed by atoms with Gasteiger partial charge in [0.25, 0.3) is 0 Å². The van der Waals surface area contributed by atoms with E-state index in [1.807, 2.05) is 30.3 Å². The average molecular weight is 457 g/mol. The quantitative estimate of drug-likeness (QED) is 0.279. The van der Waals surface area contributed by atoms with Crippen LogP contribution in [-0.2, 0) is 0 Å². The Hall–Kier alpha value is -2.03. The number of unbranched alkanes of at least 4 members (excludes halogenated alkanes) is 8. The lowest BCUT2D eigenvalue weighted by atomic mass is 9.83. The average Bonchev–Trinajstić information content (AvgIpc) is 2.83. The van der Waals surface area contributed by atoms with Crippen molar-refractivity contribution < 1.29 is 13.2 Å². The summed E-state index contributed by atoms with van der Waals surface area (Å²) >= 11 is 0. The third kappa shape index (κ3) is 7.76. The van der Waals surface area contributed by atoms with Crippen LogP contribution in [0.25, 0.3) is 17.2 Å². The van der Waals surface area contributed by atoms with Gasteiger partial charge in [-0.2, -0.15) is 0 Å². The van der Waals surface area contributed by atoms with Crippen LogP contribution < -0.4 is 0 Å². The predicted octanol–water partition coefficient (Wildman–Crippen LogP) is 10.2. The van der Waals surface area contributed by atoms with Crippen LogP contribution in [0.5, 0.6) is 0 Å². The van der Waals surface area contributed by atoms with Gasteiger partial charge in [-0.1, -0.05) is 100 Å².